The Bertz CT molecular complexity index is 243. The minimum atomic E-state index is -1.41. The molecule has 0 fully saturated rings. The third-order valence-electron chi connectivity index (χ3n) is 1.35. The van der Waals surface area contributed by atoms with E-state index in [2.05, 4.69) is 0 Å². The number of carboxylic acids is 1. The fourth-order valence-corrected chi connectivity index (χ4v) is 0.778. The van der Waals surface area contributed by atoms with Crippen molar-refractivity contribution < 1.29 is 15.0 Å². The molecule has 2 N–H and O–H groups in total. The molecule has 0 spiro atoms. The van der Waals surface area contributed by atoms with Gasteiger partial charge in [0.15, 0.2) is 6.10 Å². The molecule has 0 aliphatic carbocycles. The van der Waals surface area contributed by atoms with Gasteiger partial charge in [-0.25, -0.2) is 4.79 Å². The molecule has 0 aromatic heterocycles. The van der Waals surface area contributed by atoms with Crippen molar-refractivity contribution >= 4 is 5.97 Å². The second kappa shape index (κ2) is 3.16. The minimum absolute atomic E-state index is 0.403. The van der Waals surface area contributed by atoms with Crippen molar-refractivity contribution in [3.8, 4) is 0 Å². The van der Waals surface area contributed by atoms with Crippen LogP contribution in [0.5, 0.6) is 0 Å². The number of rotatable bonds is 2. The molecule has 3 nitrogen and oxygen atoms in total. The summed E-state index contributed by atoms with van der Waals surface area (Å²) in [5, 5.41) is 17.4. The molecule has 0 bridgehead atoms. The van der Waals surface area contributed by atoms with Crippen LogP contribution in [0.2, 0.25) is 0 Å². The number of aliphatic hydroxyl groups is 1. The summed E-state index contributed by atoms with van der Waals surface area (Å²) in [4.78, 5) is 10.2. The van der Waals surface area contributed by atoms with Gasteiger partial charge in [0.1, 0.15) is 0 Å². The van der Waals surface area contributed by atoms with Gasteiger partial charge in [0.2, 0.25) is 0 Å². The minimum Gasteiger partial charge on any atom is -0.479 e. The highest BCUT2D eigenvalue weighted by Gasteiger charge is 2.14. The monoisotopic (exact) mass is 160 g/mol. The van der Waals surface area contributed by atoms with E-state index in [0.717, 1.165) is 0 Å². The van der Waals surface area contributed by atoms with Crippen LogP contribution >= 0.6 is 0 Å². The van der Waals surface area contributed by atoms with Crippen LogP contribution in [0.25, 0.3) is 0 Å². The number of hydrogen-bond donors (Lipinski definition) is 2. The summed E-state index contributed by atoms with van der Waals surface area (Å²) >= 11 is 0. The maximum atomic E-state index is 10.2. The third kappa shape index (κ3) is 1.78. The first-order valence-corrected chi connectivity index (χ1v) is 3.17. The molecule has 11 heavy (non-hydrogen) atoms. The average Bonchev–Trinajstić information content (AvgIpc) is 2.05. The maximum Gasteiger partial charge on any atom is 0.337 e. The fraction of sp³-hybridized carbons (Fsp3) is 0.125. The summed E-state index contributed by atoms with van der Waals surface area (Å²) in [5.74, 6) is -1.23. The molecule has 0 amide bonds. The first-order chi connectivity index (χ1) is 5.22. The van der Waals surface area contributed by atoms with Crippen LogP contribution in [0.4, 0.5) is 0 Å². The molecular formula is C8H8O3. The van der Waals surface area contributed by atoms with Gasteiger partial charge < -0.3 is 10.2 Å². The van der Waals surface area contributed by atoms with E-state index in [1.165, 1.54) is 0 Å². The first-order valence-electron chi connectivity index (χ1n) is 3.17. The molecule has 3 heteroatoms. The lowest BCUT2D eigenvalue weighted by Crippen LogP contribution is -2.09. The lowest BCUT2D eigenvalue weighted by molar-refractivity contribution is -0.146. The van der Waals surface area contributed by atoms with Crippen LogP contribution in [0.1, 0.15) is 11.7 Å². The average molecular weight is 160 g/mol. The van der Waals surface area contributed by atoms with Gasteiger partial charge in [-0.15, -0.1) is 0 Å². The van der Waals surface area contributed by atoms with Gasteiger partial charge in [-0.3, -0.25) is 0 Å². The Kier molecular flexibility index (Phi) is 2.23. The molecule has 0 aliphatic heterocycles. The summed E-state index contributed by atoms with van der Waals surface area (Å²) in [6, 6.07) is 8.26. The number of benzene rings is 1. The smallest absolute Gasteiger partial charge is 0.337 e. The van der Waals surface area contributed by atoms with Crippen LogP contribution < -0.4 is 0 Å². The van der Waals surface area contributed by atoms with Gasteiger partial charge in [-0.1, -0.05) is 30.3 Å². The molecule has 1 aromatic carbocycles. The maximum absolute atomic E-state index is 10.2. The first kappa shape index (κ1) is 7.75. The largest absolute Gasteiger partial charge is 0.479 e. The summed E-state index contributed by atoms with van der Waals surface area (Å²) in [6.07, 6.45) is -1.41. The van der Waals surface area contributed by atoms with Gasteiger partial charge in [-0.2, -0.15) is 0 Å². The van der Waals surface area contributed by atoms with Crippen LogP contribution in [0.3, 0.4) is 0 Å². The van der Waals surface area contributed by atoms with E-state index >= 15 is 0 Å². The second-order valence-corrected chi connectivity index (χ2v) is 2.15. The fourth-order valence-electron chi connectivity index (χ4n) is 0.778. The summed E-state index contributed by atoms with van der Waals surface area (Å²) in [5.41, 5.74) is 0.403. The topological polar surface area (TPSA) is 57.5 Å². The zero-order valence-electron chi connectivity index (χ0n) is 5.77. The Morgan fingerprint density at radius 3 is 2.27 bits per heavy atom. The second-order valence-electron chi connectivity index (χ2n) is 2.15. The van der Waals surface area contributed by atoms with E-state index < -0.39 is 12.1 Å². The molecule has 0 aliphatic rings. The lowest BCUT2D eigenvalue weighted by atomic mass is 11.1. The van der Waals surface area contributed by atoms with Crippen LogP contribution in [0.15, 0.2) is 30.3 Å². The lowest BCUT2D eigenvalue weighted by Gasteiger charge is -2.03. The van der Waals surface area contributed by atoms with E-state index in [-0.39, 0.29) is 0 Å². The highest BCUT2D eigenvalue weighted by molar-refractivity contribution is 5.73. The van der Waals surface area contributed by atoms with Crippen molar-refractivity contribution in [2.45, 2.75) is 6.10 Å². The molecule has 1 aromatic rings. The van der Waals surface area contributed by atoms with Crippen molar-refractivity contribution in [3.05, 3.63) is 35.9 Å². The molecule has 1 unspecified atom stereocenters. The van der Waals surface area contributed by atoms with Crippen molar-refractivity contribution in [2.75, 3.05) is 0 Å². The zero-order valence-corrected chi connectivity index (χ0v) is 5.77. The quantitative estimate of drug-likeness (QED) is 0.629. The van der Waals surface area contributed by atoms with E-state index in [0.29, 0.717) is 5.56 Å². The van der Waals surface area contributed by atoms with Crippen LogP contribution in [-0.2, 0) is 4.79 Å². The standard InChI is InChI=1S/C8H8O3/c9-7(8(10)11)6-4-2-1-3-5-6/h1-5,7,9H,(H,10,11)/i1+1,2+1,3+1,4+1,5+1,6+1,7+1,8+1. The van der Waals surface area contributed by atoms with Crippen LogP contribution in [0, 0.1) is 0 Å². The SMILES string of the molecule is O=[13C](O)[13CH](O)[13c]1[13cH][13cH][13cH][13cH][13cH]1. The Labute approximate surface area is 63.9 Å². The molecule has 58 valence electrons. The van der Waals surface area contributed by atoms with Gasteiger partial charge in [0.25, 0.3) is 0 Å². The predicted octanol–water partition coefficient (Wildman–Crippen LogP) is 0.805. The summed E-state index contributed by atoms with van der Waals surface area (Å²) in [7, 11) is 0. The van der Waals surface area contributed by atoms with Gasteiger partial charge in [-0.05, 0) is 5.56 Å². The highest BCUT2D eigenvalue weighted by atomic mass is 16.5. The molecule has 0 heterocycles. The number of aliphatic hydroxyl groups excluding tert-OH is 1. The van der Waals surface area contributed by atoms with Gasteiger partial charge >= 0.3 is 5.97 Å². The third-order valence-corrected chi connectivity index (χ3v) is 1.35. The number of hydrogen-bond acceptors (Lipinski definition) is 2. The Morgan fingerprint density at radius 2 is 1.82 bits per heavy atom. The molecule has 1 atom stereocenters. The molecule has 1 rings (SSSR count). The molecular weight excluding hydrogens is 152 g/mol. The van der Waals surface area contributed by atoms with Crippen molar-refractivity contribution in [1.82, 2.24) is 0 Å². The van der Waals surface area contributed by atoms with Gasteiger partial charge in [0.05, 0.1) is 0 Å². The Hall–Kier alpha value is -1.35. The summed E-state index contributed by atoms with van der Waals surface area (Å²) in [6.45, 7) is 0. The van der Waals surface area contributed by atoms with Crippen molar-refractivity contribution in [2.24, 2.45) is 0 Å². The molecule has 0 radical (unpaired) electrons. The Balaban J connectivity index is 2.85. The van der Waals surface area contributed by atoms with Crippen molar-refractivity contribution in [3.63, 3.8) is 0 Å². The number of carbonyl (C=O) groups is 1. The summed E-state index contributed by atoms with van der Waals surface area (Å²) < 4.78 is 0. The van der Waals surface area contributed by atoms with Crippen LogP contribution in [-0.4, -0.2) is 16.2 Å². The van der Waals surface area contributed by atoms with Crippen molar-refractivity contribution in [1.29, 1.82) is 0 Å². The highest BCUT2D eigenvalue weighted by Crippen LogP contribution is 2.10. The Morgan fingerprint density at radius 1 is 1.27 bits per heavy atom. The molecule has 0 saturated heterocycles. The zero-order chi connectivity index (χ0) is 8.27. The number of carboxylic acid groups (broad SMARTS) is 1. The van der Waals surface area contributed by atoms with Gasteiger partial charge in [0, 0.05) is 0 Å². The van der Waals surface area contributed by atoms with E-state index in [9.17, 15) is 4.79 Å². The normalized spacial score (nSPS) is 12.5. The predicted molar refractivity (Wildman–Crippen MR) is 39.0 cm³/mol. The van der Waals surface area contributed by atoms with E-state index in [1.807, 2.05) is 0 Å². The van der Waals surface area contributed by atoms with E-state index in [4.69, 9.17) is 10.2 Å². The van der Waals surface area contributed by atoms with E-state index in [1.54, 1.807) is 30.3 Å². The number of aliphatic carboxylic acids is 1. The molecule has 0 saturated carbocycles.